The number of nitrogens with zero attached hydrogens (tertiary/aromatic N) is 2. The highest BCUT2D eigenvalue weighted by molar-refractivity contribution is 6.33. The SMILES string of the molecule is O=C(c1ccccc1Cl)N1CCN(c2ccc(F)cc2)CC1. The lowest BCUT2D eigenvalue weighted by molar-refractivity contribution is 0.0747. The number of amides is 1. The van der Waals surface area contributed by atoms with Gasteiger partial charge < -0.3 is 9.80 Å². The van der Waals surface area contributed by atoms with E-state index >= 15 is 0 Å². The Kier molecular flexibility index (Phi) is 4.29. The fourth-order valence-electron chi connectivity index (χ4n) is 2.62. The summed E-state index contributed by atoms with van der Waals surface area (Å²) in [6.07, 6.45) is 0. The topological polar surface area (TPSA) is 23.6 Å². The number of piperazine rings is 1. The molecule has 5 heteroatoms. The van der Waals surface area contributed by atoms with E-state index in [1.807, 2.05) is 12.1 Å². The van der Waals surface area contributed by atoms with Crippen molar-refractivity contribution in [2.24, 2.45) is 0 Å². The van der Waals surface area contributed by atoms with Crippen molar-refractivity contribution in [3.05, 3.63) is 64.9 Å². The molecule has 2 aromatic rings. The number of hydrogen-bond donors (Lipinski definition) is 0. The molecule has 0 atom stereocenters. The van der Waals surface area contributed by atoms with Crippen molar-refractivity contribution in [3.63, 3.8) is 0 Å². The molecule has 1 amide bonds. The Balaban J connectivity index is 1.65. The van der Waals surface area contributed by atoms with Crippen LogP contribution in [0.3, 0.4) is 0 Å². The van der Waals surface area contributed by atoms with Crippen molar-refractivity contribution < 1.29 is 9.18 Å². The molecule has 114 valence electrons. The highest BCUT2D eigenvalue weighted by atomic mass is 35.5. The van der Waals surface area contributed by atoms with Crippen LogP contribution < -0.4 is 4.90 Å². The van der Waals surface area contributed by atoms with E-state index in [4.69, 9.17) is 11.6 Å². The van der Waals surface area contributed by atoms with Gasteiger partial charge in [-0.2, -0.15) is 0 Å². The van der Waals surface area contributed by atoms with Crippen molar-refractivity contribution in [2.75, 3.05) is 31.1 Å². The molecule has 0 aliphatic carbocycles. The van der Waals surface area contributed by atoms with Crippen LogP contribution in [-0.4, -0.2) is 37.0 Å². The number of benzene rings is 2. The van der Waals surface area contributed by atoms with Gasteiger partial charge in [0.25, 0.3) is 5.91 Å². The third-order valence-electron chi connectivity index (χ3n) is 3.86. The molecule has 2 aromatic carbocycles. The molecule has 1 aliphatic rings. The third-order valence-corrected chi connectivity index (χ3v) is 4.19. The van der Waals surface area contributed by atoms with Gasteiger partial charge in [0.1, 0.15) is 5.82 Å². The second-order valence-corrected chi connectivity index (χ2v) is 5.64. The van der Waals surface area contributed by atoms with E-state index in [9.17, 15) is 9.18 Å². The molecular formula is C17H16ClFN2O. The standard InChI is InChI=1S/C17H16ClFN2O/c18-16-4-2-1-3-15(16)17(22)21-11-9-20(10-12-21)14-7-5-13(19)6-8-14/h1-8H,9-12H2. The minimum absolute atomic E-state index is 0.0376. The van der Waals surface area contributed by atoms with Gasteiger partial charge in [0.15, 0.2) is 0 Å². The average Bonchev–Trinajstić information content (AvgIpc) is 2.56. The van der Waals surface area contributed by atoms with Gasteiger partial charge in [0, 0.05) is 31.9 Å². The van der Waals surface area contributed by atoms with Crippen LogP contribution in [0, 0.1) is 5.82 Å². The second kappa shape index (κ2) is 6.36. The number of halogens is 2. The summed E-state index contributed by atoms with van der Waals surface area (Å²) in [6, 6.07) is 13.5. The Morgan fingerprint density at radius 2 is 1.59 bits per heavy atom. The molecule has 0 saturated carbocycles. The summed E-state index contributed by atoms with van der Waals surface area (Å²) in [5.41, 5.74) is 1.52. The molecule has 0 aromatic heterocycles. The van der Waals surface area contributed by atoms with Gasteiger partial charge in [-0.05, 0) is 36.4 Å². The summed E-state index contributed by atoms with van der Waals surface area (Å²) >= 11 is 6.08. The quantitative estimate of drug-likeness (QED) is 0.847. The van der Waals surface area contributed by atoms with Gasteiger partial charge in [0.05, 0.1) is 10.6 Å². The van der Waals surface area contributed by atoms with E-state index < -0.39 is 0 Å². The third kappa shape index (κ3) is 3.07. The van der Waals surface area contributed by atoms with Crippen molar-refractivity contribution in [1.29, 1.82) is 0 Å². The van der Waals surface area contributed by atoms with Crippen LogP contribution in [0.15, 0.2) is 48.5 Å². The maximum absolute atomic E-state index is 13.0. The van der Waals surface area contributed by atoms with Gasteiger partial charge in [-0.3, -0.25) is 4.79 Å². The minimum Gasteiger partial charge on any atom is -0.368 e. The van der Waals surface area contributed by atoms with E-state index in [0.29, 0.717) is 23.7 Å². The molecule has 1 saturated heterocycles. The highest BCUT2D eigenvalue weighted by Crippen LogP contribution is 2.20. The summed E-state index contributed by atoms with van der Waals surface area (Å²) in [5.74, 6) is -0.277. The van der Waals surface area contributed by atoms with Crippen LogP contribution >= 0.6 is 11.6 Å². The Bertz CT molecular complexity index is 667. The van der Waals surface area contributed by atoms with Gasteiger partial charge in [0.2, 0.25) is 0 Å². The summed E-state index contributed by atoms with van der Waals surface area (Å²) in [5, 5.41) is 0.480. The first-order valence-electron chi connectivity index (χ1n) is 7.19. The Morgan fingerprint density at radius 3 is 2.23 bits per heavy atom. The monoisotopic (exact) mass is 318 g/mol. The highest BCUT2D eigenvalue weighted by Gasteiger charge is 2.23. The minimum atomic E-state index is -0.240. The van der Waals surface area contributed by atoms with E-state index in [0.717, 1.165) is 18.8 Å². The first kappa shape index (κ1) is 14.9. The van der Waals surface area contributed by atoms with Crippen LogP contribution in [0.25, 0.3) is 0 Å². The number of hydrogen-bond acceptors (Lipinski definition) is 2. The van der Waals surface area contributed by atoms with E-state index in [1.165, 1.54) is 12.1 Å². The Labute approximate surface area is 133 Å². The molecule has 1 heterocycles. The summed E-state index contributed by atoms with van der Waals surface area (Å²) in [6.45, 7) is 2.70. The smallest absolute Gasteiger partial charge is 0.255 e. The predicted molar refractivity (Wildman–Crippen MR) is 86.0 cm³/mol. The van der Waals surface area contributed by atoms with Crippen LogP contribution in [0.2, 0.25) is 5.02 Å². The molecule has 1 fully saturated rings. The first-order valence-corrected chi connectivity index (χ1v) is 7.57. The number of anilines is 1. The second-order valence-electron chi connectivity index (χ2n) is 5.24. The molecule has 22 heavy (non-hydrogen) atoms. The zero-order valence-corrected chi connectivity index (χ0v) is 12.8. The first-order chi connectivity index (χ1) is 10.6. The number of carbonyl (C=O) groups excluding carboxylic acids is 1. The zero-order valence-electron chi connectivity index (χ0n) is 12.0. The summed E-state index contributed by atoms with van der Waals surface area (Å²) in [4.78, 5) is 16.4. The zero-order chi connectivity index (χ0) is 15.5. The molecule has 0 bridgehead atoms. The van der Waals surface area contributed by atoms with Crippen LogP contribution in [0.5, 0.6) is 0 Å². The number of carbonyl (C=O) groups is 1. The van der Waals surface area contributed by atoms with Gasteiger partial charge in [-0.25, -0.2) is 4.39 Å². The van der Waals surface area contributed by atoms with Crippen molar-refractivity contribution in [1.82, 2.24) is 4.90 Å². The normalized spacial score (nSPS) is 15.0. The van der Waals surface area contributed by atoms with Crippen LogP contribution in [0.4, 0.5) is 10.1 Å². The molecule has 3 rings (SSSR count). The van der Waals surface area contributed by atoms with Gasteiger partial charge in [-0.15, -0.1) is 0 Å². The summed E-state index contributed by atoms with van der Waals surface area (Å²) < 4.78 is 13.0. The van der Waals surface area contributed by atoms with E-state index in [1.54, 1.807) is 29.2 Å². The van der Waals surface area contributed by atoms with E-state index in [2.05, 4.69) is 4.90 Å². The number of rotatable bonds is 2. The fourth-order valence-corrected chi connectivity index (χ4v) is 2.84. The van der Waals surface area contributed by atoms with Crippen molar-refractivity contribution >= 4 is 23.2 Å². The molecule has 0 N–H and O–H groups in total. The molecular weight excluding hydrogens is 303 g/mol. The van der Waals surface area contributed by atoms with E-state index in [-0.39, 0.29) is 11.7 Å². The summed E-state index contributed by atoms with van der Waals surface area (Å²) in [7, 11) is 0. The van der Waals surface area contributed by atoms with Gasteiger partial charge in [-0.1, -0.05) is 23.7 Å². The molecule has 3 nitrogen and oxygen atoms in total. The fraction of sp³-hybridized carbons (Fsp3) is 0.235. The van der Waals surface area contributed by atoms with Crippen LogP contribution in [-0.2, 0) is 0 Å². The molecule has 0 radical (unpaired) electrons. The lowest BCUT2D eigenvalue weighted by Crippen LogP contribution is -2.48. The average molecular weight is 319 g/mol. The Hall–Kier alpha value is -2.07. The molecule has 0 unspecified atom stereocenters. The molecule has 0 spiro atoms. The van der Waals surface area contributed by atoms with Crippen LogP contribution in [0.1, 0.15) is 10.4 Å². The maximum atomic E-state index is 13.0. The maximum Gasteiger partial charge on any atom is 0.255 e. The van der Waals surface area contributed by atoms with Crippen molar-refractivity contribution in [3.8, 4) is 0 Å². The lowest BCUT2D eigenvalue weighted by Gasteiger charge is -2.36. The largest absolute Gasteiger partial charge is 0.368 e. The van der Waals surface area contributed by atoms with Gasteiger partial charge >= 0.3 is 0 Å². The van der Waals surface area contributed by atoms with Crippen molar-refractivity contribution in [2.45, 2.75) is 0 Å². The molecule has 1 aliphatic heterocycles. The lowest BCUT2D eigenvalue weighted by atomic mass is 10.1. The Morgan fingerprint density at radius 1 is 0.955 bits per heavy atom. The predicted octanol–water partition coefficient (Wildman–Crippen LogP) is 3.44.